The molecule has 0 aliphatic heterocycles. The lowest BCUT2D eigenvalue weighted by Crippen LogP contribution is -1.89. The van der Waals surface area contributed by atoms with Gasteiger partial charge in [0.25, 0.3) is 0 Å². The van der Waals surface area contributed by atoms with E-state index in [1.165, 1.54) is 11.3 Å². The molecule has 1 aliphatic rings. The summed E-state index contributed by atoms with van der Waals surface area (Å²) >= 11 is 7.44. The van der Waals surface area contributed by atoms with Gasteiger partial charge in [-0.05, 0) is 23.3 Å². The molecule has 2 nitrogen and oxygen atoms in total. The molecule has 1 aromatic rings. The van der Waals surface area contributed by atoms with E-state index in [1.54, 1.807) is 0 Å². The molecule has 0 aromatic carbocycles. The van der Waals surface area contributed by atoms with Gasteiger partial charge in [-0.1, -0.05) is 29.8 Å². The van der Waals surface area contributed by atoms with E-state index in [1.807, 2.05) is 35.8 Å². The Kier molecular flexibility index (Phi) is 3.59. The van der Waals surface area contributed by atoms with Crippen molar-refractivity contribution in [3.63, 3.8) is 0 Å². The van der Waals surface area contributed by atoms with Gasteiger partial charge in [0.05, 0.1) is 5.00 Å². The molecular formula is C12H10ClNOS. The first-order chi connectivity index (χ1) is 7.79. The van der Waals surface area contributed by atoms with Crippen molar-refractivity contribution in [3.8, 4) is 0 Å². The minimum Gasteiger partial charge on any atom is -0.320 e. The molecule has 4 heteroatoms. The lowest BCUT2D eigenvalue weighted by atomic mass is 10.1. The number of nitrogens with one attached hydrogen (secondary N) is 1. The van der Waals surface area contributed by atoms with Crippen LogP contribution in [0.15, 0.2) is 40.8 Å². The summed E-state index contributed by atoms with van der Waals surface area (Å²) in [6, 6.07) is 1.95. The quantitative estimate of drug-likeness (QED) is 0.814. The SMILES string of the molecule is O=CNc1cc(C2=CC=C(Cl)CC=C2)cs1. The van der Waals surface area contributed by atoms with Crippen LogP contribution in [0.25, 0.3) is 5.57 Å². The molecule has 16 heavy (non-hydrogen) atoms. The van der Waals surface area contributed by atoms with E-state index in [0.717, 1.165) is 27.6 Å². The van der Waals surface area contributed by atoms with Crippen LogP contribution in [0.1, 0.15) is 12.0 Å². The van der Waals surface area contributed by atoms with E-state index in [-0.39, 0.29) is 0 Å². The van der Waals surface area contributed by atoms with E-state index in [2.05, 4.69) is 5.32 Å². The number of anilines is 1. The summed E-state index contributed by atoms with van der Waals surface area (Å²) in [4.78, 5) is 10.3. The lowest BCUT2D eigenvalue weighted by Gasteiger charge is -1.95. The number of halogens is 1. The van der Waals surface area contributed by atoms with E-state index in [9.17, 15) is 4.79 Å². The summed E-state index contributed by atoms with van der Waals surface area (Å²) in [6.07, 6.45) is 9.41. The van der Waals surface area contributed by atoms with Crippen LogP contribution in [0, 0.1) is 0 Å². The van der Waals surface area contributed by atoms with Gasteiger partial charge in [-0.2, -0.15) is 0 Å². The van der Waals surface area contributed by atoms with Crippen LogP contribution in [0.3, 0.4) is 0 Å². The molecule has 0 fully saturated rings. The van der Waals surface area contributed by atoms with Crippen molar-refractivity contribution in [2.75, 3.05) is 5.32 Å². The molecular weight excluding hydrogens is 242 g/mol. The third-order valence-corrected chi connectivity index (χ3v) is 3.33. The number of thiophene rings is 1. The topological polar surface area (TPSA) is 29.1 Å². The maximum absolute atomic E-state index is 10.3. The number of allylic oxidation sites excluding steroid dienone is 6. The molecule has 0 atom stereocenters. The molecule has 1 amide bonds. The number of carbonyl (C=O) groups excluding carboxylic acids is 1. The monoisotopic (exact) mass is 251 g/mol. The summed E-state index contributed by atoms with van der Waals surface area (Å²) in [5.74, 6) is 0. The van der Waals surface area contributed by atoms with Crippen LogP contribution >= 0.6 is 22.9 Å². The Labute approximate surface area is 103 Å². The van der Waals surface area contributed by atoms with Gasteiger partial charge in [-0.25, -0.2) is 0 Å². The molecule has 1 aromatic heterocycles. The number of hydrogen-bond donors (Lipinski definition) is 1. The smallest absolute Gasteiger partial charge is 0.212 e. The fourth-order valence-electron chi connectivity index (χ4n) is 1.42. The number of hydrogen-bond acceptors (Lipinski definition) is 2. The highest BCUT2D eigenvalue weighted by Gasteiger charge is 2.04. The Bertz CT molecular complexity index is 485. The van der Waals surface area contributed by atoms with Gasteiger partial charge >= 0.3 is 0 Å². The molecule has 0 saturated heterocycles. The second kappa shape index (κ2) is 5.14. The van der Waals surface area contributed by atoms with Gasteiger partial charge in [0.15, 0.2) is 0 Å². The minimum atomic E-state index is 0.684. The second-order valence-electron chi connectivity index (χ2n) is 3.30. The summed E-state index contributed by atoms with van der Waals surface area (Å²) in [7, 11) is 0. The zero-order chi connectivity index (χ0) is 11.4. The van der Waals surface area contributed by atoms with E-state index in [4.69, 9.17) is 11.6 Å². The Balaban J connectivity index is 2.26. The molecule has 1 N–H and O–H groups in total. The van der Waals surface area contributed by atoms with Gasteiger partial charge in [0.1, 0.15) is 0 Å². The Morgan fingerprint density at radius 2 is 2.31 bits per heavy atom. The van der Waals surface area contributed by atoms with Gasteiger partial charge < -0.3 is 5.32 Å². The van der Waals surface area contributed by atoms with Crippen LogP contribution in [0.5, 0.6) is 0 Å². The van der Waals surface area contributed by atoms with Crippen LogP contribution < -0.4 is 5.32 Å². The third-order valence-electron chi connectivity index (χ3n) is 2.19. The molecule has 0 bridgehead atoms. The summed E-state index contributed by atoms with van der Waals surface area (Å²) in [6.45, 7) is 0. The van der Waals surface area contributed by atoms with Gasteiger partial charge in [0, 0.05) is 16.8 Å². The second-order valence-corrected chi connectivity index (χ2v) is 4.70. The Morgan fingerprint density at radius 1 is 1.44 bits per heavy atom. The molecule has 82 valence electrons. The van der Waals surface area contributed by atoms with Crippen molar-refractivity contribution >= 4 is 39.9 Å². The van der Waals surface area contributed by atoms with Gasteiger partial charge in [-0.3, -0.25) is 4.79 Å². The van der Waals surface area contributed by atoms with Gasteiger partial charge in [0.2, 0.25) is 6.41 Å². The summed E-state index contributed by atoms with van der Waals surface area (Å²) in [5.41, 5.74) is 2.19. The summed E-state index contributed by atoms with van der Waals surface area (Å²) < 4.78 is 0. The third kappa shape index (κ3) is 2.62. The predicted octanol–water partition coefficient (Wildman–Crippen LogP) is 3.78. The van der Waals surface area contributed by atoms with Crippen molar-refractivity contribution in [1.29, 1.82) is 0 Å². The normalized spacial score (nSPS) is 15.1. The number of carbonyl (C=O) groups is 1. The fourth-order valence-corrected chi connectivity index (χ4v) is 2.34. The first kappa shape index (κ1) is 11.2. The standard InChI is InChI=1S/C12H10ClNOS/c13-11-3-1-2-9(4-5-11)10-6-12(14-8-15)16-7-10/h1-2,4-8H,3H2,(H,14,15). The van der Waals surface area contributed by atoms with Crippen molar-refractivity contribution < 1.29 is 4.79 Å². The van der Waals surface area contributed by atoms with Crippen LogP contribution in [-0.4, -0.2) is 6.41 Å². The molecule has 0 unspecified atom stereocenters. The van der Waals surface area contributed by atoms with E-state index >= 15 is 0 Å². The van der Waals surface area contributed by atoms with Gasteiger partial charge in [-0.15, -0.1) is 11.3 Å². The maximum atomic E-state index is 10.3. The lowest BCUT2D eigenvalue weighted by molar-refractivity contribution is -0.105. The van der Waals surface area contributed by atoms with E-state index < -0.39 is 0 Å². The van der Waals surface area contributed by atoms with Crippen LogP contribution in [-0.2, 0) is 4.79 Å². The van der Waals surface area contributed by atoms with Crippen molar-refractivity contribution in [3.05, 3.63) is 46.3 Å². The molecule has 1 aliphatic carbocycles. The number of amides is 1. The highest BCUT2D eigenvalue weighted by Crippen LogP contribution is 2.28. The molecule has 2 rings (SSSR count). The first-order valence-corrected chi connectivity index (χ1v) is 6.07. The maximum Gasteiger partial charge on any atom is 0.212 e. The van der Waals surface area contributed by atoms with Crippen molar-refractivity contribution in [2.24, 2.45) is 0 Å². The summed E-state index contributed by atoms with van der Waals surface area (Å²) in [5, 5.41) is 6.32. The fraction of sp³-hybridized carbons (Fsp3) is 0.0833. The Morgan fingerprint density at radius 3 is 3.12 bits per heavy atom. The molecule has 1 heterocycles. The molecule has 0 radical (unpaired) electrons. The average Bonchev–Trinajstić information content (AvgIpc) is 2.62. The minimum absolute atomic E-state index is 0.684. The van der Waals surface area contributed by atoms with Crippen molar-refractivity contribution in [1.82, 2.24) is 0 Å². The highest BCUT2D eigenvalue weighted by molar-refractivity contribution is 7.14. The number of rotatable bonds is 3. The Hall–Kier alpha value is -1.32. The van der Waals surface area contributed by atoms with Crippen molar-refractivity contribution in [2.45, 2.75) is 6.42 Å². The zero-order valence-corrected chi connectivity index (χ0v) is 10.0. The van der Waals surface area contributed by atoms with E-state index in [0.29, 0.717) is 6.41 Å². The zero-order valence-electron chi connectivity index (χ0n) is 8.44. The molecule has 0 saturated carbocycles. The molecule has 0 spiro atoms. The average molecular weight is 252 g/mol. The van der Waals surface area contributed by atoms with Crippen LogP contribution in [0.2, 0.25) is 0 Å². The predicted molar refractivity (Wildman–Crippen MR) is 69.7 cm³/mol. The first-order valence-electron chi connectivity index (χ1n) is 4.81. The van der Waals surface area contributed by atoms with Crippen LogP contribution in [0.4, 0.5) is 5.00 Å². The highest BCUT2D eigenvalue weighted by atomic mass is 35.5. The largest absolute Gasteiger partial charge is 0.320 e.